The van der Waals surface area contributed by atoms with Crippen LogP contribution in [0.25, 0.3) is 0 Å². The van der Waals surface area contributed by atoms with E-state index in [9.17, 15) is 4.79 Å². The molecule has 0 N–H and O–H groups in total. The van der Waals surface area contributed by atoms with E-state index in [1.165, 1.54) is 6.42 Å². The molecule has 2 heterocycles. The normalized spacial score (nSPS) is 19.0. The van der Waals surface area contributed by atoms with Crippen molar-refractivity contribution < 1.29 is 9.53 Å². The summed E-state index contributed by atoms with van der Waals surface area (Å²) in [6.07, 6.45) is 2.33. The third kappa shape index (κ3) is 4.43. The van der Waals surface area contributed by atoms with Gasteiger partial charge in [0.05, 0.1) is 18.7 Å². The predicted octanol–water partition coefficient (Wildman–Crippen LogP) is 3.51. The van der Waals surface area contributed by atoms with Crippen molar-refractivity contribution in [2.45, 2.75) is 47.0 Å². The van der Waals surface area contributed by atoms with Gasteiger partial charge in [0.15, 0.2) is 5.13 Å². The van der Waals surface area contributed by atoms with Gasteiger partial charge in [0, 0.05) is 24.9 Å². The van der Waals surface area contributed by atoms with E-state index >= 15 is 0 Å². The molecule has 0 saturated carbocycles. The lowest BCUT2D eigenvalue weighted by Crippen LogP contribution is -2.25. The number of nitrogens with zero attached hydrogens (tertiary/aromatic N) is 2. The molecule has 1 fully saturated rings. The van der Waals surface area contributed by atoms with Crippen LogP contribution in [-0.2, 0) is 16.0 Å². The second kappa shape index (κ2) is 6.77. The molecule has 0 spiro atoms. The van der Waals surface area contributed by atoms with E-state index in [0.29, 0.717) is 24.9 Å². The van der Waals surface area contributed by atoms with Gasteiger partial charge in [-0.25, -0.2) is 4.98 Å². The summed E-state index contributed by atoms with van der Waals surface area (Å²) < 4.78 is 4.95. The Balaban J connectivity index is 1.88. The zero-order chi connectivity index (χ0) is 15.5. The van der Waals surface area contributed by atoms with E-state index in [1.54, 1.807) is 11.3 Å². The second-order valence-electron chi connectivity index (χ2n) is 6.72. The topological polar surface area (TPSA) is 42.4 Å². The fraction of sp³-hybridized carbons (Fsp3) is 0.750. The number of esters is 1. The van der Waals surface area contributed by atoms with Gasteiger partial charge < -0.3 is 9.64 Å². The Kier molecular flexibility index (Phi) is 5.25. The van der Waals surface area contributed by atoms with Crippen LogP contribution in [0.15, 0.2) is 5.38 Å². The van der Waals surface area contributed by atoms with E-state index in [4.69, 9.17) is 4.74 Å². The predicted molar refractivity (Wildman–Crippen MR) is 86.8 cm³/mol. The summed E-state index contributed by atoms with van der Waals surface area (Å²) in [6, 6.07) is 0. The Labute approximate surface area is 131 Å². The monoisotopic (exact) mass is 310 g/mol. The molecule has 1 aromatic heterocycles. The molecule has 2 rings (SSSR count). The number of ether oxygens (including phenoxy) is 1. The average molecular weight is 310 g/mol. The van der Waals surface area contributed by atoms with Gasteiger partial charge in [0.25, 0.3) is 0 Å². The van der Waals surface area contributed by atoms with Gasteiger partial charge in [0.2, 0.25) is 0 Å². The maximum atomic E-state index is 11.4. The Bertz CT molecular complexity index is 479. The van der Waals surface area contributed by atoms with Crippen molar-refractivity contribution in [2.24, 2.45) is 11.3 Å². The molecule has 1 aliphatic rings. The third-order valence-electron chi connectivity index (χ3n) is 4.11. The minimum absolute atomic E-state index is 0.138. The van der Waals surface area contributed by atoms with E-state index in [2.05, 4.69) is 36.0 Å². The molecule has 0 radical (unpaired) electrons. The summed E-state index contributed by atoms with van der Waals surface area (Å²) in [4.78, 5) is 18.4. The first kappa shape index (κ1) is 16.3. The van der Waals surface area contributed by atoms with Crippen LogP contribution in [0.2, 0.25) is 0 Å². The highest BCUT2D eigenvalue weighted by atomic mass is 32.1. The lowest BCUT2D eigenvalue weighted by Gasteiger charge is -2.26. The first-order chi connectivity index (χ1) is 9.90. The number of hydrogen-bond acceptors (Lipinski definition) is 5. The van der Waals surface area contributed by atoms with Gasteiger partial charge in [-0.1, -0.05) is 20.8 Å². The lowest BCUT2D eigenvalue weighted by molar-refractivity contribution is -0.143. The Morgan fingerprint density at radius 2 is 2.29 bits per heavy atom. The molecule has 4 nitrogen and oxygen atoms in total. The maximum absolute atomic E-state index is 11.4. The first-order valence-electron chi connectivity index (χ1n) is 7.75. The molecule has 5 heteroatoms. The summed E-state index contributed by atoms with van der Waals surface area (Å²) in [7, 11) is 0. The molecule has 1 unspecified atom stereocenters. The SMILES string of the molecule is CCOC(=O)CCc1csc(N2CCC(C(C)(C)C)C2)n1. The van der Waals surface area contributed by atoms with Crippen molar-refractivity contribution in [1.29, 1.82) is 0 Å². The van der Waals surface area contributed by atoms with Gasteiger partial charge in [-0.2, -0.15) is 0 Å². The molecule has 0 aromatic carbocycles. The largest absolute Gasteiger partial charge is 0.466 e. The molecule has 21 heavy (non-hydrogen) atoms. The summed E-state index contributed by atoms with van der Waals surface area (Å²) in [5.41, 5.74) is 1.36. The average Bonchev–Trinajstić information content (AvgIpc) is 3.05. The molecule has 0 bridgehead atoms. The van der Waals surface area contributed by atoms with Crippen LogP contribution < -0.4 is 4.90 Å². The van der Waals surface area contributed by atoms with Crippen molar-refractivity contribution in [3.8, 4) is 0 Å². The molecule has 1 aliphatic heterocycles. The van der Waals surface area contributed by atoms with Crippen molar-refractivity contribution in [2.75, 3.05) is 24.6 Å². The molecular weight excluding hydrogens is 284 g/mol. The minimum Gasteiger partial charge on any atom is -0.466 e. The summed E-state index contributed by atoms with van der Waals surface area (Å²) in [5, 5.41) is 3.17. The second-order valence-corrected chi connectivity index (χ2v) is 7.56. The van der Waals surface area contributed by atoms with E-state index in [1.807, 2.05) is 6.92 Å². The van der Waals surface area contributed by atoms with Gasteiger partial charge in [-0.3, -0.25) is 4.79 Å². The van der Waals surface area contributed by atoms with Crippen molar-refractivity contribution in [3.63, 3.8) is 0 Å². The molecular formula is C16H26N2O2S. The first-order valence-corrected chi connectivity index (χ1v) is 8.63. The number of rotatable bonds is 5. The van der Waals surface area contributed by atoms with Crippen molar-refractivity contribution in [3.05, 3.63) is 11.1 Å². The highest BCUT2D eigenvalue weighted by molar-refractivity contribution is 7.13. The van der Waals surface area contributed by atoms with Crippen LogP contribution in [0.1, 0.15) is 46.2 Å². The number of carbonyl (C=O) groups is 1. The zero-order valence-electron chi connectivity index (χ0n) is 13.5. The lowest BCUT2D eigenvalue weighted by atomic mass is 9.80. The fourth-order valence-electron chi connectivity index (χ4n) is 2.66. The number of hydrogen-bond donors (Lipinski definition) is 0. The molecule has 1 atom stereocenters. The van der Waals surface area contributed by atoms with Crippen molar-refractivity contribution in [1.82, 2.24) is 4.98 Å². The van der Waals surface area contributed by atoms with Gasteiger partial charge in [0.1, 0.15) is 0 Å². The van der Waals surface area contributed by atoms with Crippen LogP contribution in [0.4, 0.5) is 5.13 Å². The van der Waals surface area contributed by atoms with Gasteiger partial charge >= 0.3 is 5.97 Å². The standard InChI is InChI=1S/C16H26N2O2S/c1-5-20-14(19)7-6-13-11-21-15(17-13)18-9-8-12(10-18)16(2,3)4/h11-12H,5-10H2,1-4H3. The van der Waals surface area contributed by atoms with E-state index in [-0.39, 0.29) is 5.97 Å². The van der Waals surface area contributed by atoms with E-state index < -0.39 is 0 Å². The summed E-state index contributed by atoms with van der Waals surface area (Å²) >= 11 is 1.69. The van der Waals surface area contributed by atoms with Crippen LogP contribution in [0.3, 0.4) is 0 Å². The number of anilines is 1. The molecule has 0 amide bonds. The zero-order valence-corrected chi connectivity index (χ0v) is 14.3. The van der Waals surface area contributed by atoms with Crippen molar-refractivity contribution >= 4 is 22.4 Å². The maximum Gasteiger partial charge on any atom is 0.306 e. The Morgan fingerprint density at radius 3 is 2.90 bits per heavy atom. The molecule has 1 aromatic rings. The summed E-state index contributed by atoms with van der Waals surface area (Å²) in [6.45, 7) is 11.4. The molecule has 1 saturated heterocycles. The van der Waals surface area contributed by atoms with Gasteiger partial charge in [-0.15, -0.1) is 11.3 Å². The number of thiazole rings is 1. The minimum atomic E-state index is -0.138. The number of aryl methyl sites for hydroxylation is 1. The quantitative estimate of drug-likeness (QED) is 0.781. The van der Waals surface area contributed by atoms with Gasteiger partial charge in [-0.05, 0) is 24.7 Å². The number of aromatic nitrogens is 1. The smallest absolute Gasteiger partial charge is 0.306 e. The Morgan fingerprint density at radius 1 is 1.52 bits per heavy atom. The Hall–Kier alpha value is -1.10. The van der Waals surface area contributed by atoms with Crippen LogP contribution in [0.5, 0.6) is 0 Å². The highest BCUT2D eigenvalue weighted by Crippen LogP contribution is 2.36. The fourth-order valence-corrected chi connectivity index (χ4v) is 3.56. The molecule has 118 valence electrons. The van der Waals surface area contributed by atoms with Crippen LogP contribution in [0, 0.1) is 11.3 Å². The van der Waals surface area contributed by atoms with E-state index in [0.717, 1.165) is 29.8 Å². The van der Waals surface area contributed by atoms with Crippen LogP contribution >= 0.6 is 11.3 Å². The highest BCUT2D eigenvalue weighted by Gasteiger charge is 2.32. The third-order valence-corrected chi connectivity index (χ3v) is 5.06. The van der Waals surface area contributed by atoms with Crippen LogP contribution in [-0.4, -0.2) is 30.6 Å². The number of carbonyl (C=O) groups excluding carboxylic acids is 1. The molecule has 0 aliphatic carbocycles. The summed E-state index contributed by atoms with van der Waals surface area (Å²) in [5.74, 6) is 0.588.